The molecule has 4 nitrogen and oxygen atoms in total. The van der Waals surface area contributed by atoms with Gasteiger partial charge < -0.3 is 15.0 Å². The summed E-state index contributed by atoms with van der Waals surface area (Å²) in [6.07, 6.45) is 1.73. The lowest BCUT2D eigenvalue weighted by Gasteiger charge is -2.26. The molecular weight excluding hydrogens is 214 g/mol. The summed E-state index contributed by atoms with van der Waals surface area (Å²) in [5.41, 5.74) is 0. The second kappa shape index (κ2) is 6.45. The number of hydrogen-bond donors (Lipinski definition) is 1. The summed E-state index contributed by atoms with van der Waals surface area (Å²) >= 11 is 0. The van der Waals surface area contributed by atoms with Crippen LogP contribution in [-0.4, -0.2) is 43.7 Å². The zero-order valence-corrected chi connectivity index (χ0v) is 11.4. The fraction of sp³-hybridized carbons (Fsp3) is 0.615. The zero-order valence-electron chi connectivity index (χ0n) is 11.4. The van der Waals surface area contributed by atoms with Crippen molar-refractivity contribution in [2.45, 2.75) is 19.9 Å². The van der Waals surface area contributed by atoms with E-state index in [2.05, 4.69) is 43.1 Å². The van der Waals surface area contributed by atoms with E-state index in [1.54, 1.807) is 13.3 Å². The van der Waals surface area contributed by atoms with E-state index in [1.165, 1.54) is 0 Å². The Morgan fingerprint density at radius 3 is 2.47 bits per heavy atom. The van der Waals surface area contributed by atoms with Gasteiger partial charge in [0, 0.05) is 12.6 Å². The molecule has 0 saturated carbocycles. The third-order valence-electron chi connectivity index (χ3n) is 2.67. The first kappa shape index (κ1) is 13.8. The maximum Gasteiger partial charge on any atom is 0.137 e. The average molecular weight is 237 g/mol. The molecule has 0 spiro atoms. The van der Waals surface area contributed by atoms with Gasteiger partial charge in [0.1, 0.15) is 11.6 Å². The van der Waals surface area contributed by atoms with Crippen LogP contribution in [0.2, 0.25) is 0 Å². The average Bonchev–Trinajstić information content (AvgIpc) is 2.28. The molecule has 1 aromatic heterocycles. The molecule has 17 heavy (non-hydrogen) atoms. The Bertz CT molecular complexity index is 322. The normalized spacial score (nSPS) is 12.9. The smallest absolute Gasteiger partial charge is 0.137 e. The van der Waals surface area contributed by atoms with Crippen molar-refractivity contribution in [2.75, 3.05) is 33.1 Å². The quantitative estimate of drug-likeness (QED) is 0.822. The van der Waals surface area contributed by atoms with Gasteiger partial charge in [0.05, 0.1) is 13.3 Å². The number of nitrogens with one attached hydrogen (secondary N) is 1. The highest BCUT2D eigenvalue weighted by Crippen LogP contribution is 2.14. The first-order chi connectivity index (χ1) is 8.02. The molecule has 0 saturated heterocycles. The van der Waals surface area contributed by atoms with Crippen LogP contribution in [0, 0.1) is 5.92 Å². The van der Waals surface area contributed by atoms with Crippen LogP contribution in [0.3, 0.4) is 0 Å². The van der Waals surface area contributed by atoms with Crippen molar-refractivity contribution in [3.63, 3.8) is 0 Å². The molecule has 0 amide bonds. The maximum absolute atomic E-state index is 5.09. The molecule has 0 radical (unpaired) electrons. The first-order valence-electron chi connectivity index (χ1n) is 5.94. The minimum atomic E-state index is 0.394. The molecular formula is C13H23N3O. The molecule has 0 bridgehead atoms. The number of ether oxygens (including phenoxy) is 1. The number of likely N-dealkylation sites (N-methyl/N-ethyl adjacent to an activating group) is 1. The lowest BCUT2D eigenvalue weighted by atomic mass is 10.0. The number of rotatable bonds is 6. The monoisotopic (exact) mass is 237 g/mol. The van der Waals surface area contributed by atoms with E-state index in [0.29, 0.717) is 12.0 Å². The molecule has 1 rings (SSSR count). The second-order valence-electron chi connectivity index (χ2n) is 4.84. The Hall–Kier alpha value is -1.29. The van der Waals surface area contributed by atoms with Gasteiger partial charge in [0.2, 0.25) is 0 Å². The molecule has 96 valence electrons. The molecule has 1 unspecified atom stereocenters. The summed E-state index contributed by atoms with van der Waals surface area (Å²) in [5.74, 6) is 2.23. The third-order valence-corrected chi connectivity index (χ3v) is 2.67. The largest absolute Gasteiger partial charge is 0.495 e. The lowest BCUT2D eigenvalue weighted by Crippen LogP contribution is -2.36. The molecule has 0 aliphatic rings. The molecule has 1 heterocycles. The molecule has 0 aromatic carbocycles. The molecule has 0 fully saturated rings. The zero-order chi connectivity index (χ0) is 12.8. The maximum atomic E-state index is 5.09. The number of anilines is 1. The van der Waals surface area contributed by atoms with Gasteiger partial charge in [-0.3, -0.25) is 0 Å². The van der Waals surface area contributed by atoms with Gasteiger partial charge in [0.15, 0.2) is 0 Å². The van der Waals surface area contributed by atoms with Crippen LogP contribution in [0.5, 0.6) is 5.75 Å². The first-order valence-corrected chi connectivity index (χ1v) is 5.94. The Morgan fingerprint density at radius 2 is 2.06 bits per heavy atom. The van der Waals surface area contributed by atoms with E-state index >= 15 is 0 Å². The highest BCUT2D eigenvalue weighted by Gasteiger charge is 2.14. The van der Waals surface area contributed by atoms with Crippen molar-refractivity contribution in [3.05, 3.63) is 18.3 Å². The number of methoxy groups -OCH3 is 1. The van der Waals surface area contributed by atoms with Crippen LogP contribution in [0.25, 0.3) is 0 Å². The van der Waals surface area contributed by atoms with Gasteiger partial charge in [0.25, 0.3) is 0 Å². The molecule has 4 heteroatoms. The third kappa shape index (κ3) is 4.61. The van der Waals surface area contributed by atoms with Gasteiger partial charge in [-0.2, -0.15) is 0 Å². The summed E-state index contributed by atoms with van der Waals surface area (Å²) in [6.45, 7) is 5.42. The van der Waals surface area contributed by atoms with Gasteiger partial charge in [-0.1, -0.05) is 13.8 Å². The Balaban J connectivity index is 2.65. The summed E-state index contributed by atoms with van der Waals surface area (Å²) in [7, 11) is 5.81. The van der Waals surface area contributed by atoms with Crippen molar-refractivity contribution < 1.29 is 4.74 Å². The Labute approximate surface area is 104 Å². The predicted octanol–water partition coefficient (Wildman–Crippen LogP) is 2.09. The van der Waals surface area contributed by atoms with E-state index in [-0.39, 0.29) is 0 Å². The SMILES string of the molecule is COc1ccc(NC(CN(C)C)C(C)C)nc1. The van der Waals surface area contributed by atoms with Crippen LogP contribution in [-0.2, 0) is 0 Å². The topological polar surface area (TPSA) is 37.4 Å². The van der Waals surface area contributed by atoms with Gasteiger partial charge in [-0.25, -0.2) is 4.98 Å². The number of pyridine rings is 1. The summed E-state index contributed by atoms with van der Waals surface area (Å²) in [4.78, 5) is 6.51. The highest BCUT2D eigenvalue weighted by molar-refractivity contribution is 5.38. The van der Waals surface area contributed by atoms with E-state index in [4.69, 9.17) is 4.74 Å². The van der Waals surface area contributed by atoms with Crippen LogP contribution in [0.4, 0.5) is 5.82 Å². The van der Waals surface area contributed by atoms with Crippen molar-refractivity contribution in [1.82, 2.24) is 9.88 Å². The van der Waals surface area contributed by atoms with E-state index in [9.17, 15) is 0 Å². The summed E-state index contributed by atoms with van der Waals surface area (Å²) < 4.78 is 5.09. The standard InChI is InChI=1S/C13H23N3O/c1-10(2)12(9-16(3)4)15-13-7-6-11(17-5)8-14-13/h6-8,10,12H,9H2,1-5H3,(H,14,15). The minimum Gasteiger partial charge on any atom is -0.495 e. The van der Waals surface area contributed by atoms with Crippen LogP contribution in [0.1, 0.15) is 13.8 Å². The van der Waals surface area contributed by atoms with Gasteiger partial charge in [-0.15, -0.1) is 0 Å². The van der Waals surface area contributed by atoms with E-state index < -0.39 is 0 Å². The van der Waals surface area contributed by atoms with Crippen LogP contribution in [0.15, 0.2) is 18.3 Å². The fourth-order valence-corrected chi connectivity index (χ4v) is 1.59. The summed E-state index contributed by atoms with van der Waals surface area (Å²) in [6, 6.07) is 4.26. The van der Waals surface area contributed by atoms with Crippen molar-refractivity contribution in [3.8, 4) is 5.75 Å². The van der Waals surface area contributed by atoms with E-state index in [0.717, 1.165) is 18.1 Å². The van der Waals surface area contributed by atoms with Gasteiger partial charge in [-0.05, 0) is 32.1 Å². The predicted molar refractivity (Wildman–Crippen MR) is 71.6 cm³/mol. The molecule has 0 aliphatic carbocycles. The van der Waals surface area contributed by atoms with Crippen molar-refractivity contribution >= 4 is 5.82 Å². The Kier molecular flexibility index (Phi) is 5.22. The lowest BCUT2D eigenvalue weighted by molar-refractivity contribution is 0.344. The van der Waals surface area contributed by atoms with Crippen molar-refractivity contribution in [1.29, 1.82) is 0 Å². The number of hydrogen-bond acceptors (Lipinski definition) is 4. The second-order valence-corrected chi connectivity index (χ2v) is 4.84. The molecule has 0 aliphatic heterocycles. The van der Waals surface area contributed by atoms with E-state index in [1.807, 2.05) is 12.1 Å². The Morgan fingerprint density at radius 1 is 1.35 bits per heavy atom. The van der Waals surface area contributed by atoms with Crippen molar-refractivity contribution in [2.24, 2.45) is 5.92 Å². The van der Waals surface area contributed by atoms with Crippen LogP contribution < -0.4 is 10.1 Å². The fourth-order valence-electron chi connectivity index (χ4n) is 1.59. The summed E-state index contributed by atoms with van der Waals surface area (Å²) in [5, 5.41) is 3.45. The minimum absolute atomic E-state index is 0.394. The molecule has 1 N–H and O–H groups in total. The molecule has 1 atom stereocenters. The number of aromatic nitrogens is 1. The number of nitrogens with zero attached hydrogens (tertiary/aromatic N) is 2. The van der Waals surface area contributed by atoms with Crippen LogP contribution >= 0.6 is 0 Å². The molecule has 1 aromatic rings. The van der Waals surface area contributed by atoms with Gasteiger partial charge >= 0.3 is 0 Å². The highest BCUT2D eigenvalue weighted by atomic mass is 16.5.